The zero-order chi connectivity index (χ0) is 17.8. The fourth-order valence-electron chi connectivity index (χ4n) is 3.18. The van der Waals surface area contributed by atoms with Gasteiger partial charge in [0.2, 0.25) is 0 Å². The third kappa shape index (κ3) is 4.03. The molecule has 2 aromatic rings. The number of rotatable bonds is 5. The molecule has 1 fully saturated rings. The van der Waals surface area contributed by atoms with Crippen LogP contribution >= 0.6 is 0 Å². The molecule has 25 heavy (non-hydrogen) atoms. The molecule has 0 spiro atoms. The molecule has 6 heteroatoms. The minimum Gasteiger partial charge on any atom is -0.507 e. The molecular weight excluding hydrogens is 318 g/mol. The first-order valence-corrected chi connectivity index (χ1v) is 8.60. The van der Waals surface area contributed by atoms with Gasteiger partial charge >= 0.3 is 0 Å². The largest absolute Gasteiger partial charge is 0.507 e. The number of likely N-dealkylation sites (N-methyl/N-ethyl adjacent to an activating group) is 1. The number of nitrogens with zero attached hydrogens (tertiary/aromatic N) is 3. The van der Waals surface area contributed by atoms with Crippen molar-refractivity contribution in [1.82, 2.24) is 14.4 Å². The topological polar surface area (TPSA) is 57.9 Å². The number of benzene rings is 1. The normalized spacial score (nSPS) is 16.6. The molecule has 3 rings (SSSR count). The van der Waals surface area contributed by atoms with Gasteiger partial charge in [-0.2, -0.15) is 0 Å². The van der Waals surface area contributed by atoms with Crippen molar-refractivity contribution in [3.63, 3.8) is 0 Å². The summed E-state index contributed by atoms with van der Waals surface area (Å²) in [5, 5.41) is 10.2. The maximum Gasteiger partial charge on any atom is 0.257 e. The Morgan fingerprint density at radius 1 is 1.28 bits per heavy atom. The standard InChI is InChI=1S/C19H25N3O3/c1-15(21-9-11-25-12-10-21)14-20(2)19(24)17-13-16(5-6-18(17)23)22-7-3-4-8-22/h3-8,13,15,23H,9-12,14H2,1-2H3/t15-/m1/s1. The van der Waals surface area contributed by atoms with Crippen molar-refractivity contribution in [2.45, 2.75) is 13.0 Å². The van der Waals surface area contributed by atoms with Gasteiger partial charge in [-0.1, -0.05) is 0 Å². The van der Waals surface area contributed by atoms with Crippen LogP contribution in [0, 0.1) is 0 Å². The van der Waals surface area contributed by atoms with Crippen molar-refractivity contribution < 1.29 is 14.6 Å². The maximum absolute atomic E-state index is 12.8. The summed E-state index contributed by atoms with van der Waals surface area (Å²) in [7, 11) is 1.78. The number of carbonyl (C=O) groups is 1. The molecule has 1 amide bonds. The van der Waals surface area contributed by atoms with E-state index in [1.807, 2.05) is 29.1 Å². The second kappa shape index (κ2) is 7.72. The second-order valence-electron chi connectivity index (χ2n) is 6.47. The Balaban J connectivity index is 1.72. The number of ether oxygens (including phenoxy) is 1. The molecule has 1 aromatic heterocycles. The van der Waals surface area contributed by atoms with E-state index in [1.54, 1.807) is 30.1 Å². The molecule has 0 aliphatic carbocycles. The van der Waals surface area contributed by atoms with Gasteiger partial charge in [-0.3, -0.25) is 9.69 Å². The lowest BCUT2D eigenvalue weighted by Gasteiger charge is -2.34. The molecule has 1 aliphatic heterocycles. The second-order valence-corrected chi connectivity index (χ2v) is 6.47. The van der Waals surface area contributed by atoms with Crippen LogP contribution in [-0.2, 0) is 4.74 Å². The summed E-state index contributed by atoms with van der Waals surface area (Å²) in [6.45, 7) is 5.97. The van der Waals surface area contributed by atoms with Crippen molar-refractivity contribution in [2.75, 3.05) is 39.9 Å². The van der Waals surface area contributed by atoms with Crippen LogP contribution in [0.3, 0.4) is 0 Å². The molecule has 1 atom stereocenters. The summed E-state index contributed by atoms with van der Waals surface area (Å²) >= 11 is 0. The lowest BCUT2D eigenvalue weighted by Crippen LogP contribution is -2.47. The number of hydrogen-bond acceptors (Lipinski definition) is 4. The van der Waals surface area contributed by atoms with Crippen molar-refractivity contribution in [2.24, 2.45) is 0 Å². The summed E-state index contributed by atoms with van der Waals surface area (Å²) in [4.78, 5) is 16.8. The zero-order valence-electron chi connectivity index (χ0n) is 14.8. The molecule has 0 unspecified atom stereocenters. The Hall–Kier alpha value is -2.31. The van der Waals surface area contributed by atoms with E-state index in [0.717, 1.165) is 32.0 Å². The van der Waals surface area contributed by atoms with E-state index in [1.165, 1.54) is 0 Å². The predicted molar refractivity (Wildman–Crippen MR) is 96.2 cm³/mol. The van der Waals surface area contributed by atoms with Gasteiger partial charge in [0.1, 0.15) is 5.75 Å². The van der Waals surface area contributed by atoms with Crippen LogP contribution < -0.4 is 0 Å². The Kier molecular flexibility index (Phi) is 5.40. The average Bonchev–Trinajstić information content (AvgIpc) is 3.17. The highest BCUT2D eigenvalue weighted by Crippen LogP contribution is 2.22. The molecule has 0 saturated carbocycles. The zero-order valence-corrected chi connectivity index (χ0v) is 14.8. The first-order chi connectivity index (χ1) is 12.1. The van der Waals surface area contributed by atoms with Gasteiger partial charge in [0.05, 0.1) is 18.8 Å². The van der Waals surface area contributed by atoms with Crippen molar-refractivity contribution in [3.05, 3.63) is 48.3 Å². The fraction of sp³-hybridized carbons (Fsp3) is 0.421. The number of aromatic hydroxyl groups is 1. The minimum atomic E-state index is -0.174. The first-order valence-electron chi connectivity index (χ1n) is 8.60. The van der Waals surface area contributed by atoms with E-state index in [0.29, 0.717) is 12.1 Å². The molecule has 2 heterocycles. The highest BCUT2D eigenvalue weighted by atomic mass is 16.5. The van der Waals surface area contributed by atoms with E-state index < -0.39 is 0 Å². The SMILES string of the molecule is C[C@H](CN(C)C(=O)c1cc(-n2cccc2)ccc1O)N1CCOCC1. The highest BCUT2D eigenvalue weighted by molar-refractivity contribution is 5.97. The third-order valence-corrected chi connectivity index (χ3v) is 4.67. The van der Waals surface area contributed by atoms with Crippen molar-refractivity contribution >= 4 is 5.91 Å². The van der Waals surface area contributed by atoms with Gasteiger partial charge < -0.3 is 19.3 Å². The van der Waals surface area contributed by atoms with Gasteiger partial charge in [0, 0.05) is 50.8 Å². The Bertz CT molecular complexity index is 709. The lowest BCUT2D eigenvalue weighted by atomic mass is 10.1. The molecular formula is C19H25N3O3. The average molecular weight is 343 g/mol. The van der Waals surface area contributed by atoms with Crippen LogP contribution in [0.4, 0.5) is 0 Å². The molecule has 1 aromatic carbocycles. The number of phenolic OH excluding ortho intramolecular Hbond substituents is 1. The van der Waals surface area contributed by atoms with E-state index >= 15 is 0 Å². The van der Waals surface area contributed by atoms with Gasteiger partial charge in [-0.15, -0.1) is 0 Å². The number of amides is 1. The summed E-state index contributed by atoms with van der Waals surface area (Å²) in [5.74, 6) is -0.168. The molecule has 1 N–H and O–H groups in total. The molecule has 0 bridgehead atoms. The maximum atomic E-state index is 12.8. The summed E-state index contributed by atoms with van der Waals surface area (Å²) in [5.41, 5.74) is 1.17. The number of hydrogen-bond donors (Lipinski definition) is 1. The van der Waals surface area contributed by atoms with Crippen LogP contribution in [0.2, 0.25) is 0 Å². The summed E-state index contributed by atoms with van der Waals surface area (Å²) < 4.78 is 7.29. The van der Waals surface area contributed by atoms with Crippen LogP contribution in [0.1, 0.15) is 17.3 Å². The molecule has 6 nitrogen and oxygen atoms in total. The quantitative estimate of drug-likeness (QED) is 0.902. The monoisotopic (exact) mass is 343 g/mol. The number of carbonyl (C=O) groups excluding carboxylic acids is 1. The fourth-order valence-corrected chi connectivity index (χ4v) is 3.18. The van der Waals surface area contributed by atoms with Gasteiger partial charge in [0.25, 0.3) is 5.91 Å². The predicted octanol–water partition coefficient (Wildman–Crippen LogP) is 1.98. The number of aromatic nitrogens is 1. The van der Waals surface area contributed by atoms with E-state index in [9.17, 15) is 9.90 Å². The third-order valence-electron chi connectivity index (χ3n) is 4.67. The first kappa shape index (κ1) is 17.5. The summed E-state index contributed by atoms with van der Waals surface area (Å²) in [6.07, 6.45) is 3.82. The van der Waals surface area contributed by atoms with Gasteiger partial charge in [-0.25, -0.2) is 0 Å². The highest BCUT2D eigenvalue weighted by Gasteiger charge is 2.22. The smallest absolute Gasteiger partial charge is 0.257 e. The molecule has 1 saturated heterocycles. The Labute approximate surface area is 148 Å². The van der Waals surface area contributed by atoms with Gasteiger partial charge in [0.15, 0.2) is 0 Å². The minimum absolute atomic E-state index is 0.00628. The lowest BCUT2D eigenvalue weighted by molar-refractivity contribution is 0.0142. The molecule has 1 aliphatic rings. The Morgan fingerprint density at radius 2 is 1.96 bits per heavy atom. The van der Waals surface area contributed by atoms with Crippen LogP contribution in [0.25, 0.3) is 5.69 Å². The van der Waals surface area contributed by atoms with Crippen molar-refractivity contribution in [1.29, 1.82) is 0 Å². The molecule has 0 radical (unpaired) electrons. The van der Waals surface area contributed by atoms with Gasteiger partial charge in [-0.05, 0) is 37.3 Å². The number of phenols is 1. The number of morpholine rings is 1. The van der Waals surface area contributed by atoms with E-state index in [4.69, 9.17) is 4.74 Å². The van der Waals surface area contributed by atoms with E-state index in [-0.39, 0.29) is 17.7 Å². The van der Waals surface area contributed by atoms with Crippen LogP contribution in [0.15, 0.2) is 42.7 Å². The van der Waals surface area contributed by atoms with E-state index in [2.05, 4.69) is 11.8 Å². The molecule has 134 valence electrons. The van der Waals surface area contributed by atoms with Crippen LogP contribution in [-0.4, -0.2) is 71.3 Å². The summed E-state index contributed by atoms with van der Waals surface area (Å²) in [6, 6.07) is 9.18. The Morgan fingerprint density at radius 3 is 2.64 bits per heavy atom. The van der Waals surface area contributed by atoms with Crippen molar-refractivity contribution in [3.8, 4) is 11.4 Å². The van der Waals surface area contributed by atoms with Crippen LogP contribution in [0.5, 0.6) is 5.75 Å².